The molecule has 0 saturated heterocycles. The number of fused-ring (bicyclic) bond motifs is 2. The second-order valence-corrected chi connectivity index (χ2v) is 7.93. The molecule has 0 saturated carbocycles. The normalized spacial score (nSPS) is 15.5. The van der Waals surface area contributed by atoms with Crippen LogP contribution in [0, 0.1) is 18.3 Å². The van der Waals surface area contributed by atoms with Crippen molar-refractivity contribution in [3.8, 4) is 23.3 Å². The van der Waals surface area contributed by atoms with E-state index >= 15 is 0 Å². The van der Waals surface area contributed by atoms with Gasteiger partial charge < -0.3 is 9.47 Å². The Balaban J connectivity index is 1.55. The molecule has 0 fully saturated rings. The number of methoxy groups -OCH3 is 1. The van der Waals surface area contributed by atoms with Gasteiger partial charge in [0.25, 0.3) is 0 Å². The maximum Gasteiger partial charge on any atom is 0.140 e. The highest BCUT2D eigenvalue weighted by atomic mass is 16.5. The molecule has 0 spiro atoms. The van der Waals surface area contributed by atoms with Crippen molar-refractivity contribution in [1.82, 2.24) is 19.6 Å². The Kier molecular flexibility index (Phi) is 4.63. The largest absolute Gasteiger partial charge is 0.495 e. The third kappa shape index (κ3) is 3.21. The molecule has 0 aliphatic heterocycles. The van der Waals surface area contributed by atoms with Gasteiger partial charge in [0, 0.05) is 24.1 Å². The summed E-state index contributed by atoms with van der Waals surface area (Å²) in [4.78, 5) is 0. The number of aryl methyl sites for hydroxylation is 2. The van der Waals surface area contributed by atoms with E-state index in [0.717, 1.165) is 58.3 Å². The second-order valence-electron chi connectivity index (χ2n) is 7.93. The van der Waals surface area contributed by atoms with Crippen LogP contribution in [0.25, 0.3) is 16.6 Å². The van der Waals surface area contributed by atoms with Crippen molar-refractivity contribution in [3.05, 3.63) is 65.1 Å². The number of aromatic nitrogens is 4. The van der Waals surface area contributed by atoms with Crippen LogP contribution in [0.4, 0.5) is 0 Å². The highest BCUT2D eigenvalue weighted by Crippen LogP contribution is 2.40. The monoisotopic (exact) mass is 413 g/mol. The fourth-order valence-electron chi connectivity index (χ4n) is 4.44. The van der Waals surface area contributed by atoms with Gasteiger partial charge in [0.15, 0.2) is 0 Å². The average molecular weight is 413 g/mol. The molecule has 0 amide bonds. The van der Waals surface area contributed by atoms with Crippen LogP contribution in [0.15, 0.2) is 42.9 Å². The van der Waals surface area contributed by atoms with Crippen LogP contribution in [0.2, 0.25) is 0 Å². The predicted molar refractivity (Wildman–Crippen MR) is 117 cm³/mol. The number of hydrogen-bond donors (Lipinski definition) is 0. The topological polar surface area (TPSA) is 77.9 Å². The van der Waals surface area contributed by atoms with E-state index in [0.29, 0.717) is 11.3 Å². The molecular weight excluding hydrogens is 390 g/mol. The fraction of sp³-hybridized carbons (Fsp3) is 0.292. The standard InChI is InChI=1S/C24H23N5O2/c1-15-9-17-12-27-29(18-13-26-28(2)14-18)21(17)10-23(15)31-22-6-4-5-20-19(22)8-7-16(11-25)24(20)30-3/h7-10,12-14,22H,4-6H2,1-3H3/t22-/m1/s1. The number of rotatable bonds is 4. The SMILES string of the molecule is COc1c(C#N)ccc2c1CCC[C@H]2Oc1cc2c(cnn2-c2cnn(C)c2)cc1C. The quantitative estimate of drug-likeness (QED) is 0.495. The smallest absolute Gasteiger partial charge is 0.140 e. The molecule has 0 N–H and O–H groups in total. The molecule has 0 bridgehead atoms. The van der Waals surface area contributed by atoms with Gasteiger partial charge in [-0.15, -0.1) is 0 Å². The summed E-state index contributed by atoms with van der Waals surface area (Å²) >= 11 is 0. The summed E-state index contributed by atoms with van der Waals surface area (Å²) in [5, 5.41) is 19.3. The van der Waals surface area contributed by atoms with Gasteiger partial charge in [-0.1, -0.05) is 6.07 Å². The summed E-state index contributed by atoms with van der Waals surface area (Å²) in [6.07, 6.45) is 8.30. The first kappa shape index (κ1) is 19.2. The summed E-state index contributed by atoms with van der Waals surface area (Å²) in [5.74, 6) is 1.51. The molecule has 2 heterocycles. The molecule has 1 aliphatic carbocycles. The van der Waals surface area contributed by atoms with Crippen molar-refractivity contribution in [2.75, 3.05) is 7.11 Å². The van der Waals surface area contributed by atoms with Gasteiger partial charge in [-0.25, -0.2) is 4.68 Å². The van der Waals surface area contributed by atoms with E-state index in [1.54, 1.807) is 18.0 Å². The van der Waals surface area contributed by atoms with Crippen LogP contribution in [-0.4, -0.2) is 26.7 Å². The van der Waals surface area contributed by atoms with Gasteiger partial charge in [0.05, 0.1) is 36.8 Å². The molecule has 156 valence electrons. The molecule has 1 aliphatic rings. The fourth-order valence-corrected chi connectivity index (χ4v) is 4.44. The first-order chi connectivity index (χ1) is 15.1. The summed E-state index contributed by atoms with van der Waals surface area (Å²) in [7, 11) is 3.51. The molecule has 5 rings (SSSR count). The van der Waals surface area contributed by atoms with Gasteiger partial charge in [0.2, 0.25) is 0 Å². The van der Waals surface area contributed by atoms with Crippen LogP contribution in [0.1, 0.15) is 41.2 Å². The molecule has 1 atom stereocenters. The minimum Gasteiger partial charge on any atom is -0.495 e. The predicted octanol–water partition coefficient (Wildman–Crippen LogP) is 4.40. The minimum atomic E-state index is -0.0868. The van der Waals surface area contributed by atoms with Gasteiger partial charge >= 0.3 is 0 Å². The van der Waals surface area contributed by atoms with Gasteiger partial charge in [0.1, 0.15) is 29.4 Å². The van der Waals surface area contributed by atoms with E-state index < -0.39 is 0 Å². The van der Waals surface area contributed by atoms with E-state index in [1.165, 1.54) is 0 Å². The van der Waals surface area contributed by atoms with Crippen LogP contribution in [0.5, 0.6) is 11.5 Å². The summed E-state index contributed by atoms with van der Waals surface area (Å²) in [5.41, 5.74) is 5.69. The summed E-state index contributed by atoms with van der Waals surface area (Å²) in [6, 6.07) is 10.2. The number of ether oxygens (including phenoxy) is 2. The minimum absolute atomic E-state index is 0.0868. The zero-order chi connectivity index (χ0) is 21.5. The molecule has 31 heavy (non-hydrogen) atoms. The maximum atomic E-state index is 9.41. The van der Waals surface area contributed by atoms with Crippen LogP contribution in [-0.2, 0) is 13.5 Å². The average Bonchev–Trinajstić information content (AvgIpc) is 3.38. The Hall–Kier alpha value is -3.79. The number of nitrogens with zero attached hydrogens (tertiary/aromatic N) is 5. The molecule has 4 aromatic rings. The maximum absolute atomic E-state index is 9.41. The van der Waals surface area contributed by atoms with Gasteiger partial charge in [-0.3, -0.25) is 4.68 Å². The lowest BCUT2D eigenvalue weighted by molar-refractivity contribution is 0.181. The van der Waals surface area contributed by atoms with Crippen molar-refractivity contribution in [2.45, 2.75) is 32.3 Å². The first-order valence-electron chi connectivity index (χ1n) is 10.3. The summed E-state index contributed by atoms with van der Waals surface area (Å²) in [6.45, 7) is 2.05. The van der Waals surface area contributed by atoms with E-state index in [-0.39, 0.29) is 6.10 Å². The lowest BCUT2D eigenvalue weighted by atomic mass is 9.87. The Morgan fingerprint density at radius 3 is 2.81 bits per heavy atom. The molecule has 7 heteroatoms. The van der Waals surface area contributed by atoms with E-state index in [2.05, 4.69) is 35.3 Å². The molecular formula is C24H23N5O2. The highest BCUT2D eigenvalue weighted by molar-refractivity contribution is 5.83. The molecule has 2 aromatic heterocycles. The first-order valence-corrected chi connectivity index (χ1v) is 10.3. The van der Waals surface area contributed by atoms with E-state index in [1.807, 2.05) is 36.3 Å². The molecule has 0 radical (unpaired) electrons. The van der Waals surface area contributed by atoms with E-state index in [4.69, 9.17) is 9.47 Å². The van der Waals surface area contributed by atoms with Crippen molar-refractivity contribution < 1.29 is 9.47 Å². The Bertz CT molecular complexity index is 1330. The third-order valence-corrected chi connectivity index (χ3v) is 5.93. The Labute approximate surface area is 180 Å². The Morgan fingerprint density at radius 2 is 2.06 bits per heavy atom. The lowest BCUT2D eigenvalue weighted by Crippen LogP contribution is -2.17. The van der Waals surface area contributed by atoms with E-state index in [9.17, 15) is 5.26 Å². The van der Waals surface area contributed by atoms with Crippen molar-refractivity contribution in [3.63, 3.8) is 0 Å². The van der Waals surface area contributed by atoms with Crippen LogP contribution in [0.3, 0.4) is 0 Å². The highest BCUT2D eigenvalue weighted by Gasteiger charge is 2.26. The van der Waals surface area contributed by atoms with Crippen molar-refractivity contribution >= 4 is 10.9 Å². The molecule has 7 nitrogen and oxygen atoms in total. The lowest BCUT2D eigenvalue weighted by Gasteiger charge is -2.28. The Morgan fingerprint density at radius 1 is 1.19 bits per heavy atom. The third-order valence-electron chi connectivity index (χ3n) is 5.93. The number of hydrogen-bond acceptors (Lipinski definition) is 5. The number of nitriles is 1. The van der Waals surface area contributed by atoms with Crippen molar-refractivity contribution in [2.24, 2.45) is 7.05 Å². The van der Waals surface area contributed by atoms with Crippen LogP contribution < -0.4 is 9.47 Å². The van der Waals surface area contributed by atoms with Gasteiger partial charge in [-0.05, 0) is 49.4 Å². The zero-order valence-electron chi connectivity index (χ0n) is 17.8. The molecule has 0 unspecified atom stereocenters. The van der Waals surface area contributed by atoms with Crippen molar-refractivity contribution in [1.29, 1.82) is 5.26 Å². The zero-order valence-corrected chi connectivity index (χ0v) is 17.8. The number of benzene rings is 2. The molecule has 2 aromatic carbocycles. The van der Waals surface area contributed by atoms with Gasteiger partial charge in [-0.2, -0.15) is 15.5 Å². The second kappa shape index (κ2) is 7.47. The van der Waals surface area contributed by atoms with Crippen LogP contribution >= 0.6 is 0 Å². The summed E-state index contributed by atoms with van der Waals surface area (Å²) < 4.78 is 15.8.